The van der Waals surface area contributed by atoms with Crippen molar-refractivity contribution >= 4 is 10.0 Å². The summed E-state index contributed by atoms with van der Waals surface area (Å²) in [6, 6.07) is 18.7. The molecule has 0 aromatic heterocycles. The van der Waals surface area contributed by atoms with E-state index in [1.807, 2.05) is 24.3 Å². The van der Waals surface area contributed by atoms with E-state index in [4.69, 9.17) is 0 Å². The molecule has 6 heteroatoms. The summed E-state index contributed by atoms with van der Waals surface area (Å²) in [6.07, 6.45) is 0. The molecule has 5 nitrogen and oxygen atoms in total. The molecule has 0 saturated carbocycles. The second kappa shape index (κ2) is 7.88. The zero-order valence-electron chi connectivity index (χ0n) is 15.4. The van der Waals surface area contributed by atoms with Crippen LogP contribution >= 0.6 is 0 Å². The molecular formula is C20H27N3O2S. The molecule has 0 spiro atoms. The van der Waals surface area contributed by atoms with Crippen LogP contribution in [0.2, 0.25) is 0 Å². The summed E-state index contributed by atoms with van der Waals surface area (Å²) in [5, 5.41) is 0. The van der Waals surface area contributed by atoms with E-state index in [-0.39, 0.29) is 0 Å². The van der Waals surface area contributed by atoms with Gasteiger partial charge in [0.2, 0.25) is 10.0 Å². The van der Waals surface area contributed by atoms with E-state index in [2.05, 4.69) is 40.6 Å². The zero-order chi connectivity index (χ0) is 18.6. The van der Waals surface area contributed by atoms with Gasteiger partial charge in [-0.15, -0.1) is 0 Å². The van der Waals surface area contributed by atoms with E-state index < -0.39 is 15.6 Å². The lowest BCUT2D eigenvalue weighted by atomic mass is 9.89. The van der Waals surface area contributed by atoms with Gasteiger partial charge in [0.05, 0.1) is 10.4 Å². The fraction of sp³-hybridized carbons (Fsp3) is 0.400. The van der Waals surface area contributed by atoms with E-state index in [1.54, 1.807) is 24.3 Å². The average Bonchev–Trinajstić information content (AvgIpc) is 2.68. The Morgan fingerprint density at radius 3 is 2.04 bits per heavy atom. The smallest absolute Gasteiger partial charge is 0.240 e. The van der Waals surface area contributed by atoms with Crippen LogP contribution in [0.4, 0.5) is 0 Å². The second-order valence-corrected chi connectivity index (χ2v) is 8.83. The SMILES string of the molecule is CN1CCN([C@@](C)(CNS(=O)(=O)c2ccccc2)c2ccccc2)CC1. The lowest BCUT2D eigenvalue weighted by molar-refractivity contribution is 0.0517. The molecule has 1 atom stereocenters. The van der Waals surface area contributed by atoms with Crippen molar-refractivity contribution < 1.29 is 8.42 Å². The summed E-state index contributed by atoms with van der Waals surface area (Å²) in [6.45, 7) is 6.24. The monoisotopic (exact) mass is 373 g/mol. The number of hydrogen-bond donors (Lipinski definition) is 1. The Kier molecular flexibility index (Phi) is 5.77. The number of hydrogen-bond acceptors (Lipinski definition) is 4. The minimum Gasteiger partial charge on any atom is -0.304 e. The minimum absolute atomic E-state index is 0.300. The number of benzene rings is 2. The van der Waals surface area contributed by atoms with E-state index in [9.17, 15) is 8.42 Å². The number of nitrogens with one attached hydrogen (secondary N) is 1. The molecule has 1 fully saturated rings. The second-order valence-electron chi connectivity index (χ2n) is 7.07. The molecule has 26 heavy (non-hydrogen) atoms. The molecule has 140 valence electrons. The Hall–Kier alpha value is -1.73. The van der Waals surface area contributed by atoms with E-state index >= 15 is 0 Å². The molecule has 2 aromatic rings. The molecule has 2 aromatic carbocycles. The minimum atomic E-state index is -3.54. The summed E-state index contributed by atoms with van der Waals surface area (Å²) in [4.78, 5) is 4.99. The first-order chi connectivity index (χ1) is 12.4. The van der Waals surface area contributed by atoms with Crippen molar-refractivity contribution in [3.8, 4) is 0 Å². The summed E-state index contributed by atoms with van der Waals surface area (Å²) in [7, 11) is -1.42. The molecule has 0 aliphatic carbocycles. The van der Waals surface area contributed by atoms with Gasteiger partial charge >= 0.3 is 0 Å². The Bertz CT molecular complexity index is 803. The Labute approximate surface area is 156 Å². The topological polar surface area (TPSA) is 52.6 Å². The van der Waals surface area contributed by atoms with Gasteiger partial charge in [-0.25, -0.2) is 13.1 Å². The molecule has 1 N–H and O–H groups in total. The maximum absolute atomic E-state index is 12.7. The van der Waals surface area contributed by atoms with Crippen LogP contribution in [0.15, 0.2) is 65.6 Å². The third kappa shape index (κ3) is 4.15. The van der Waals surface area contributed by atoms with Gasteiger partial charge in [0.25, 0.3) is 0 Å². The number of sulfonamides is 1. The van der Waals surface area contributed by atoms with Gasteiger partial charge in [0, 0.05) is 32.7 Å². The zero-order valence-corrected chi connectivity index (χ0v) is 16.2. The van der Waals surface area contributed by atoms with Crippen molar-refractivity contribution in [3.05, 3.63) is 66.2 Å². The van der Waals surface area contributed by atoms with Gasteiger partial charge in [-0.05, 0) is 31.7 Å². The van der Waals surface area contributed by atoms with Gasteiger partial charge in [0.1, 0.15) is 0 Å². The fourth-order valence-electron chi connectivity index (χ4n) is 3.41. The normalized spacial score (nSPS) is 19.2. The lowest BCUT2D eigenvalue weighted by Crippen LogP contribution is -2.57. The number of likely N-dealkylation sites (N-methyl/N-ethyl adjacent to an activating group) is 1. The number of rotatable bonds is 6. The highest BCUT2D eigenvalue weighted by Gasteiger charge is 2.36. The number of nitrogens with zero attached hydrogens (tertiary/aromatic N) is 2. The van der Waals surface area contributed by atoms with E-state index in [0.29, 0.717) is 11.4 Å². The summed E-state index contributed by atoms with van der Waals surface area (Å²) in [5.74, 6) is 0. The highest BCUT2D eigenvalue weighted by atomic mass is 32.2. The van der Waals surface area contributed by atoms with E-state index in [1.165, 1.54) is 0 Å². The molecule has 0 bridgehead atoms. The van der Waals surface area contributed by atoms with Crippen LogP contribution < -0.4 is 4.72 Å². The molecule has 0 unspecified atom stereocenters. The van der Waals surface area contributed by atoms with Crippen LogP contribution in [-0.2, 0) is 15.6 Å². The third-order valence-corrected chi connectivity index (χ3v) is 6.67. The predicted octanol–water partition coefficient (Wildman–Crippen LogP) is 2.13. The molecule has 1 aliphatic rings. The van der Waals surface area contributed by atoms with Crippen molar-refractivity contribution in [2.75, 3.05) is 39.8 Å². The van der Waals surface area contributed by atoms with Crippen molar-refractivity contribution in [2.24, 2.45) is 0 Å². The molecule has 0 radical (unpaired) electrons. The third-order valence-electron chi connectivity index (χ3n) is 5.26. The highest BCUT2D eigenvalue weighted by molar-refractivity contribution is 7.89. The first-order valence-corrected chi connectivity index (χ1v) is 10.4. The predicted molar refractivity (Wildman–Crippen MR) is 104 cm³/mol. The largest absolute Gasteiger partial charge is 0.304 e. The summed E-state index contributed by atoms with van der Waals surface area (Å²) >= 11 is 0. The van der Waals surface area contributed by atoms with Gasteiger partial charge in [0.15, 0.2) is 0 Å². The first kappa shape index (κ1) is 19.0. The molecule has 1 aliphatic heterocycles. The van der Waals surface area contributed by atoms with E-state index in [0.717, 1.165) is 31.7 Å². The molecule has 3 rings (SSSR count). The lowest BCUT2D eigenvalue weighted by Gasteiger charge is -2.45. The first-order valence-electron chi connectivity index (χ1n) is 8.96. The van der Waals surface area contributed by atoms with Crippen LogP contribution in [-0.4, -0.2) is 58.0 Å². The maximum atomic E-state index is 12.7. The summed E-state index contributed by atoms with van der Waals surface area (Å²) in [5.41, 5.74) is 0.727. The van der Waals surface area contributed by atoms with Crippen LogP contribution in [0.1, 0.15) is 12.5 Å². The molecule has 1 heterocycles. The van der Waals surface area contributed by atoms with Crippen molar-refractivity contribution in [1.82, 2.24) is 14.5 Å². The van der Waals surface area contributed by atoms with Gasteiger partial charge in [-0.1, -0.05) is 48.5 Å². The van der Waals surface area contributed by atoms with Crippen LogP contribution in [0.5, 0.6) is 0 Å². The van der Waals surface area contributed by atoms with Gasteiger partial charge < -0.3 is 4.90 Å². The molecule has 0 amide bonds. The standard InChI is InChI=1S/C20H27N3O2S/c1-20(18-9-5-3-6-10-18,23-15-13-22(2)14-16-23)17-21-26(24,25)19-11-7-4-8-12-19/h3-12,21H,13-17H2,1-2H3/t20-/m0/s1. The Morgan fingerprint density at radius 2 is 1.46 bits per heavy atom. The number of piperazine rings is 1. The van der Waals surface area contributed by atoms with Crippen molar-refractivity contribution in [3.63, 3.8) is 0 Å². The Morgan fingerprint density at radius 1 is 0.923 bits per heavy atom. The van der Waals surface area contributed by atoms with Crippen molar-refractivity contribution in [2.45, 2.75) is 17.4 Å². The van der Waals surface area contributed by atoms with Crippen LogP contribution in [0.3, 0.4) is 0 Å². The quantitative estimate of drug-likeness (QED) is 0.843. The maximum Gasteiger partial charge on any atom is 0.240 e. The average molecular weight is 374 g/mol. The van der Waals surface area contributed by atoms with Crippen molar-refractivity contribution in [1.29, 1.82) is 0 Å². The Balaban J connectivity index is 1.85. The van der Waals surface area contributed by atoms with Gasteiger partial charge in [-0.3, -0.25) is 4.90 Å². The van der Waals surface area contributed by atoms with Gasteiger partial charge in [-0.2, -0.15) is 0 Å². The fourth-order valence-corrected chi connectivity index (χ4v) is 4.57. The molecular weight excluding hydrogens is 346 g/mol. The van der Waals surface area contributed by atoms with Crippen LogP contribution in [0.25, 0.3) is 0 Å². The summed E-state index contributed by atoms with van der Waals surface area (Å²) < 4.78 is 28.3. The highest BCUT2D eigenvalue weighted by Crippen LogP contribution is 2.29. The molecule has 1 saturated heterocycles. The van der Waals surface area contributed by atoms with Crippen LogP contribution in [0, 0.1) is 0 Å².